The molecule has 2 saturated carbocycles. The first-order valence-corrected chi connectivity index (χ1v) is 33.9. The third-order valence-electron chi connectivity index (χ3n) is 19.7. The van der Waals surface area contributed by atoms with E-state index in [1.807, 2.05) is 71.8 Å². The summed E-state index contributed by atoms with van der Waals surface area (Å²) in [5, 5.41) is 25.1. The Bertz CT molecular complexity index is 4030. The van der Waals surface area contributed by atoms with Gasteiger partial charge in [-0.15, -0.1) is 0 Å². The van der Waals surface area contributed by atoms with Crippen molar-refractivity contribution in [1.29, 1.82) is 0 Å². The summed E-state index contributed by atoms with van der Waals surface area (Å²) in [6, 6.07) is 25.3. The molecule has 9 amide bonds. The van der Waals surface area contributed by atoms with Gasteiger partial charge in [0.2, 0.25) is 35.4 Å². The lowest BCUT2D eigenvalue weighted by Gasteiger charge is -2.31. The van der Waals surface area contributed by atoms with Crippen molar-refractivity contribution in [3.05, 3.63) is 130 Å². The third kappa shape index (κ3) is 15.5. The number of aliphatic hydroxyl groups excluding tert-OH is 1. The number of amides is 9. The Labute approximate surface area is 573 Å². The Balaban J connectivity index is 0.590. The molecule has 5 atom stereocenters. The summed E-state index contributed by atoms with van der Waals surface area (Å²) in [5.74, 6) is -2.76. The molecule has 5 aromatic rings. The molecule has 2 spiro atoms. The Kier molecular flexibility index (Phi) is 20.4. The molecule has 2 saturated heterocycles. The predicted molar refractivity (Wildman–Crippen MR) is 368 cm³/mol. The molecule has 12 rings (SSSR count). The van der Waals surface area contributed by atoms with Crippen molar-refractivity contribution in [2.24, 2.45) is 21.7 Å². The van der Waals surface area contributed by atoms with Crippen LogP contribution >= 0.6 is 0 Å². The zero-order chi connectivity index (χ0) is 69.7. The van der Waals surface area contributed by atoms with Crippen molar-refractivity contribution in [2.45, 2.75) is 135 Å². The largest absolute Gasteiger partial charge is 0.493 e. The van der Waals surface area contributed by atoms with E-state index in [0.717, 1.165) is 65.9 Å². The molecule has 25 heteroatoms. The van der Waals surface area contributed by atoms with Crippen LogP contribution in [-0.2, 0) is 46.7 Å². The topological polar surface area (TPSA) is 305 Å². The van der Waals surface area contributed by atoms with E-state index in [2.05, 4.69) is 26.6 Å². The molecule has 7 aliphatic rings. The standard InChI is InChI=1S/C74H84N10O15/c1-44(2)66(80-64(87)39-77-63(86)38-76-62(85)23-24-65(88)81-40-49-15-8-7-13-47(49)19-20-48-14-9-10-16-55(48)81)68(90)78-45(3)67(89)79-50-21-17-46(18-22-50)41-99-72(94)84-56-34-61(59(96-5)32-53(56)70(92)83-43-74(27-28-74)36-57(83)71(84)93)98-30-12-6-11-29-97-60-33-54-52(31-58(60)95-4)69(91)82-42-73(25-26-73)35-51(82)37-75-54/h7-10,13-22,31-34,37,44-45,51,57,66,71,93H,6,11-12,23-30,35-36,38-43H2,1-5H3,(H,76,85)(H,77,86)(H,78,90)(H,79,89)(H,80,87)/b20-19-/t45-,51-,57-,66-,71?/m0/s1. The zero-order valence-corrected chi connectivity index (χ0v) is 56.3. The predicted octanol–water partition coefficient (Wildman–Crippen LogP) is 7.83. The van der Waals surface area contributed by atoms with Crippen molar-refractivity contribution in [3.63, 3.8) is 0 Å². The summed E-state index contributed by atoms with van der Waals surface area (Å²) in [5.41, 5.74) is 5.79. The van der Waals surface area contributed by atoms with Gasteiger partial charge in [-0.1, -0.05) is 80.6 Å². The van der Waals surface area contributed by atoms with Crippen LogP contribution in [0.25, 0.3) is 12.2 Å². The molecular formula is C74H84N10O15. The average Bonchev–Trinajstić information content (AvgIpc) is 1.58. The molecule has 0 aromatic heterocycles. The van der Waals surface area contributed by atoms with Crippen LogP contribution in [0.5, 0.6) is 23.0 Å². The number of hydrogen-bond donors (Lipinski definition) is 6. The smallest absolute Gasteiger partial charge is 0.416 e. The number of anilines is 3. The number of nitrogens with zero attached hydrogens (tertiary/aromatic N) is 5. The minimum absolute atomic E-state index is 0.0150. The maximum atomic E-state index is 14.4. The summed E-state index contributed by atoms with van der Waals surface area (Å²) in [6.07, 6.45) is 10.7. The van der Waals surface area contributed by atoms with Gasteiger partial charge >= 0.3 is 6.09 Å². The highest BCUT2D eigenvalue weighted by Gasteiger charge is 2.58. The van der Waals surface area contributed by atoms with Gasteiger partial charge in [0.05, 0.1) is 87.3 Å². The normalized spacial score (nSPS) is 19.4. The molecule has 5 aromatic carbocycles. The van der Waals surface area contributed by atoms with E-state index in [1.54, 1.807) is 67.2 Å². The summed E-state index contributed by atoms with van der Waals surface area (Å²) in [7, 11) is 3.01. The number of carbonyl (C=O) groups excluding carboxylic acids is 9. The lowest BCUT2D eigenvalue weighted by Crippen LogP contribution is -2.55. The van der Waals surface area contributed by atoms with Gasteiger partial charge in [-0.3, -0.25) is 43.3 Å². The molecule has 5 aliphatic heterocycles. The van der Waals surface area contributed by atoms with Crippen LogP contribution in [0.2, 0.25) is 0 Å². The fourth-order valence-corrected chi connectivity index (χ4v) is 13.7. The summed E-state index contributed by atoms with van der Waals surface area (Å²) < 4.78 is 29.8. The van der Waals surface area contributed by atoms with Gasteiger partial charge in [-0.05, 0) is 134 Å². The van der Waals surface area contributed by atoms with Crippen LogP contribution in [0.4, 0.5) is 27.5 Å². The van der Waals surface area contributed by atoms with E-state index in [-0.39, 0.29) is 83.4 Å². The molecule has 1 unspecified atom stereocenters. The number of benzene rings is 5. The van der Waals surface area contributed by atoms with Gasteiger partial charge in [0.25, 0.3) is 11.8 Å². The summed E-state index contributed by atoms with van der Waals surface area (Å²) in [6.45, 7) is 5.75. The van der Waals surface area contributed by atoms with Crippen molar-refractivity contribution >= 4 is 94.5 Å². The quantitative estimate of drug-likeness (QED) is 0.0303. The van der Waals surface area contributed by atoms with E-state index in [9.17, 15) is 48.3 Å². The number of fused-ring (bicyclic) bond motifs is 6. The van der Waals surface area contributed by atoms with Crippen LogP contribution < -0.4 is 55.3 Å². The Hall–Kier alpha value is -10.3. The minimum Gasteiger partial charge on any atom is -0.493 e. The maximum absolute atomic E-state index is 14.4. The number of hydrogen-bond acceptors (Lipinski definition) is 16. The van der Waals surface area contributed by atoms with Crippen molar-refractivity contribution < 1.29 is 71.9 Å². The highest BCUT2D eigenvalue weighted by atomic mass is 16.6. The number of unbranched alkanes of at least 4 members (excludes halogenated alkanes) is 2. The molecule has 520 valence electrons. The van der Waals surface area contributed by atoms with Gasteiger partial charge in [0.1, 0.15) is 18.7 Å². The average molecular weight is 1350 g/mol. The van der Waals surface area contributed by atoms with E-state index in [4.69, 9.17) is 28.7 Å². The van der Waals surface area contributed by atoms with Gasteiger partial charge in [-0.2, -0.15) is 0 Å². The van der Waals surface area contributed by atoms with E-state index in [0.29, 0.717) is 79.4 Å². The number of methoxy groups -OCH3 is 2. The third-order valence-corrected chi connectivity index (χ3v) is 19.7. The Morgan fingerprint density at radius 3 is 1.98 bits per heavy atom. The number of ether oxygens (including phenoxy) is 5. The van der Waals surface area contributed by atoms with Gasteiger partial charge < -0.3 is 70.1 Å². The molecule has 0 radical (unpaired) electrons. The van der Waals surface area contributed by atoms with Crippen LogP contribution in [0.3, 0.4) is 0 Å². The fraction of sp³-hybridized carbons (Fsp3) is 0.432. The second-order valence-electron chi connectivity index (χ2n) is 27.2. The zero-order valence-electron chi connectivity index (χ0n) is 56.3. The number of aliphatic hydroxyl groups is 1. The summed E-state index contributed by atoms with van der Waals surface area (Å²) >= 11 is 0. The first-order chi connectivity index (χ1) is 47.7. The maximum Gasteiger partial charge on any atom is 0.416 e. The Morgan fingerprint density at radius 2 is 1.27 bits per heavy atom. The minimum atomic E-state index is -1.47. The lowest BCUT2D eigenvalue weighted by molar-refractivity contribution is -0.132. The number of rotatable bonds is 25. The molecule has 6 N–H and O–H groups in total. The lowest BCUT2D eigenvalue weighted by atomic mass is 10.0. The first-order valence-electron chi connectivity index (χ1n) is 33.9. The van der Waals surface area contributed by atoms with Crippen LogP contribution in [0, 0.1) is 16.7 Å². The SMILES string of the molecule is COc1cc2c(cc1OCCCCCOc1cc3c(cc1OC)C(=O)N1CC4(CC4)C[C@H]1C(O)N3C(=O)OCc1ccc(NC(=O)[C@H](C)NC(=O)[C@@H](NC(=O)CNC(=O)CNC(=O)CCC(=O)N3Cc4ccccc4/C=C\c4ccccc43)C(C)C)cc1)N=C[C@@H]1CC3(CC3)CN1C2=O. The fourth-order valence-electron chi connectivity index (χ4n) is 13.7. The first kappa shape index (κ1) is 68.6. The number of para-hydroxylation sites is 1. The molecule has 25 nitrogen and oxygen atoms in total. The van der Waals surface area contributed by atoms with Crippen molar-refractivity contribution in [1.82, 2.24) is 31.1 Å². The number of nitrogens with one attached hydrogen (secondary N) is 5. The molecule has 4 fully saturated rings. The second-order valence-corrected chi connectivity index (χ2v) is 27.2. The summed E-state index contributed by atoms with van der Waals surface area (Å²) in [4.78, 5) is 133. The van der Waals surface area contributed by atoms with Gasteiger partial charge in [0, 0.05) is 50.0 Å². The molecule has 99 heavy (non-hydrogen) atoms. The van der Waals surface area contributed by atoms with E-state index >= 15 is 0 Å². The Morgan fingerprint density at radius 1 is 0.646 bits per heavy atom. The highest BCUT2D eigenvalue weighted by Crippen LogP contribution is 2.58. The second kappa shape index (κ2) is 29.4. The molecule has 0 bridgehead atoms. The van der Waals surface area contributed by atoms with E-state index in [1.165, 1.54) is 26.2 Å². The number of aliphatic imine (C=N–C) groups is 1. The molecular weight excluding hydrogens is 1270 g/mol. The van der Waals surface area contributed by atoms with Crippen LogP contribution in [0.1, 0.15) is 134 Å². The van der Waals surface area contributed by atoms with Gasteiger partial charge in [0.15, 0.2) is 29.2 Å². The van der Waals surface area contributed by atoms with Crippen molar-refractivity contribution in [3.8, 4) is 23.0 Å². The molecule has 2 aliphatic carbocycles. The van der Waals surface area contributed by atoms with E-state index < -0.39 is 79.0 Å². The molecule has 5 heterocycles. The van der Waals surface area contributed by atoms with Crippen LogP contribution in [0.15, 0.2) is 102 Å². The number of carbonyl (C=O) groups is 9. The monoisotopic (exact) mass is 1350 g/mol. The van der Waals surface area contributed by atoms with Crippen molar-refractivity contribution in [2.75, 3.05) is 68.7 Å². The van der Waals surface area contributed by atoms with Crippen LogP contribution in [-0.4, -0.2) is 158 Å². The van der Waals surface area contributed by atoms with Gasteiger partial charge in [-0.25, -0.2) is 9.69 Å². The highest BCUT2D eigenvalue weighted by molar-refractivity contribution is 6.07.